The number of benzene rings is 2. The molecule has 1 unspecified atom stereocenters. The van der Waals surface area contributed by atoms with Gasteiger partial charge in [0, 0.05) is 5.56 Å². The fraction of sp³-hybridized carbons (Fsp3) is 0.300. The molecule has 0 saturated carbocycles. The van der Waals surface area contributed by atoms with Crippen LogP contribution in [0.2, 0.25) is 0 Å². The molecular weight excluding hydrogens is 304 g/mol. The molecule has 24 heavy (non-hydrogen) atoms. The van der Waals surface area contributed by atoms with Crippen LogP contribution in [-0.2, 0) is 26.3 Å². The average molecular weight is 324 g/mol. The van der Waals surface area contributed by atoms with Gasteiger partial charge in [0.1, 0.15) is 17.8 Å². The third-order valence-electron chi connectivity index (χ3n) is 4.36. The lowest BCUT2D eigenvalue weighted by atomic mass is 9.75. The van der Waals surface area contributed by atoms with Gasteiger partial charge in [-0.1, -0.05) is 61.9 Å². The van der Waals surface area contributed by atoms with E-state index in [0.29, 0.717) is 12.2 Å². The van der Waals surface area contributed by atoms with Gasteiger partial charge in [0.05, 0.1) is 6.42 Å². The quantitative estimate of drug-likeness (QED) is 0.599. The summed E-state index contributed by atoms with van der Waals surface area (Å²) < 4.78 is 10.8. The summed E-state index contributed by atoms with van der Waals surface area (Å²) in [5, 5.41) is 0. The minimum absolute atomic E-state index is 0.00349. The second-order valence-corrected chi connectivity index (χ2v) is 6.04. The third kappa shape index (κ3) is 3.04. The molecule has 124 valence electrons. The van der Waals surface area contributed by atoms with Gasteiger partial charge in [-0.25, -0.2) is 0 Å². The van der Waals surface area contributed by atoms with E-state index < -0.39 is 5.41 Å². The fourth-order valence-electron chi connectivity index (χ4n) is 3.21. The number of hydrogen-bond donors (Lipinski definition) is 0. The molecule has 2 aromatic carbocycles. The number of fused-ring (bicyclic) bond motifs is 1. The number of carbonyl (C=O) groups excluding carboxylic acids is 2. The van der Waals surface area contributed by atoms with E-state index in [2.05, 4.69) is 0 Å². The smallest absolute Gasteiger partial charge is 0.322 e. The highest BCUT2D eigenvalue weighted by atomic mass is 16.5. The van der Waals surface area contributed by atoms with Gasteiger partial charge in [0.25, 0.3) is 0 Å². The van der Waals surface area contributed by atoms with Crippen LogP contribution < -0.4 is 4.74 Å². The summed E-state index contributed by atoms with van der Waals surface area (Å²) >= 11 is 0. The first-order valence-corrected chi connectivity index (χ1v) is 8.17. The van der Waals surface area contributed by atoms with Crippen LogP contribution in [0.25, 0.3) is 0 Å². The molecule has 0 saturated heterocycles. The zero-order chi connectivity index (χ0) is 17.0. The lowest BCUT2D eigenvalue weighted by molar-refractivity contribution is -0.151. The molecule has 3 rings (SSSR count). The Kier molecular flexibility index (Phi) is 4.65. The molecule has 1 aliphatic rings. The molecule has 0 aromatic heterocycles. The summed E-state index contributed by atoms with van der Waals surface area (Å²) in [6.45, 7) is 2.20. The van der Waals surface area contributed by atoms with Crippen LogP contribution >= 0.6 is 0 Å². The van der Waals surface area contributed by atoms with Gasteiger partial charge in [-0.05, 0) is 18.1 Å². The van der Waals surface area contributed by atoms with E-state index in [0.717, 1.165) is 17.5 Å². The van der Waals surface area contributed by atoms with Crippen LogP contribution in [0.4, 0.5) is 0 Å². The predicted octanol–water partition coefficient (Wildman–Crippen LogP) is 3.78. The second-order valence-electron chi connectivity index (χ2n) is 6.04. The molecule has 0 spiro atoms. The Bertz CT molecular complexity index is 738. The van der Waals surface area contributed by atoms with Crippen molar-refractivity contribution in [2.75, 3.05) is 0 Å². The van der Waals surface area contributed by atoms with Gasteiger partial charge in [-0.3, -0.25) is 9.59 Å². The van der Waals surface area contributed by atoms with E-state index in [1.807, 2.05) is 55.5 Å². The normalized spacial score (nSPS) is 18.8. The monoisotopic (exact) mass is 324 g/mol. The molecule has 1 heterocycles. The van der Waals surface area contributed by atoms with Crippen molar-refractivity contribution in [3.05, 3.63) is 65.7 Å². The van der Waals surface area contributed by atoms with Crippen molar-refractivity contribution in [1.82, 2.24) is 0 Å². The molecule has 4 heteroatoms. The summed E-state index contributed by atoms with van der Waals surface area (Å²) in [4.78, 5) is 24.9. The standard InChI is InChI=1S/C20H20O4/c1-2-12-20(16-10-6-7-11-17(16)24-19(20)22)13-18(21)23-14-15-8-4-3-5-9-15/h3-11H,2,12-14H2,1H3. The van der Waals surface area contributed by atoms with Crippen molar-refractivity contribution in [2.24, 2.45) is 0 Å². The van der Waals surface area contributed by atoms with Crippen LogP contribution in [0.1, 0.15) is 37.3 Å². The molecule has 0 fully saturated rings. The van der Waals surface area contributed by atoms with Gasteiger partial charge in [0.15, 0.2) is 0 Å². The molecule has 0 amide bonds. The average Bonchev–Trinajstić information content (AvgIpc) is 2.86. The number of ether oxygens (including phenoxy) is 2. The van der Waals surface area contributed by atoms with E-state index in [1.165, 1.54) is 0 Å². The van der Waals surface area contributed by atoms with Crippen LogP contribution in [0, 0.1) is 0 Å². The highest BCUT2D eigenvalue weighted by Crippen LogP contribution is 2.45. The minimum Gasteiger partial charge on any atom is -0.461 e. The summed E-state index contributed by atoms with van der Waals surface area (Å²) in [6.07, 6.45) is 1.34. The topological polar surface area (TPSA) is 52.6 Å². The first-order valence-electron chi connectivity index (χ1n) is 8.17. The van der Waals surface area contributed by atoms with Crippen molar-refractivity contribution in [3.63, 3.8) is 0 Å². The zero-order valence-corrected chi connectivity index (χ0v) is 13.7. The van der Waals surface area contributed by atoms with E-state index >= 15 is 0 Å². The van der Waals surface area contributed by atoms with Gasteiger partial charge in [0.2, 0.25) is 0 Å². The maximum absolute atomic E-state index is 12.5. The highest BCUT2D eigenvalue weighted by molar-refractivity contribution is 5.94. The van der Waals surface area contributed by atoms with Crippen molar-refractivity contribution in [2.45, 2.75) is 38.2 Å². The van der Waals surface area contributed by atoms with E-state index in [1.54, 1.807) is 6.07 Å². The Labute approximate surface area is 141 Å². The van der Waals surface area contributed by atoms with Gasteiger partial charge in [-0.15, -0.1) is 0 Å². The zero-order valence-electron chi connectivity index (χ0n) is 13.7. The molecule has 0 N–H and O–H groups in total. The van der Waals surface area contributed by atoms with Crippen LogP contribution in [0.3, 0.4) is 0 Å². The third-order valence-corrected chi connectivity index (χ3v) is 4.36. The molecule has 4 nitrogen and oxygen atoms in total. The van der Waals surface area contributed by atoms with Crippen LogP contribution in [0.5, 0.6) is 5.75 Å². The lowest BCUT2D eigenvalue weighted by Gasteiger charge is -2.24. The molecule has 0 bridgehead atoms. The van der Waals surface area contributed by atoms with Crippen molar-refractivity contribution < 1.29 is 19.1 Å². The molecule has 2 aromatic rings. The predicted molar refractivity (Wildman–Crippen MR) is 89.5 cm³/mol. The number of hydrogen-bond acceptors (Lipinski definition) is 4. The van der Waals surface area contributed by atoms with Gasteiger partial charge < -0.3 is 9.47 Å². The summed E-state index contributed by atoms with van der Waals surface area (Å²) in [6, 6.07) is 16.8. The maximum atomic E-state index is 12.5. The van der Waals surface area contributed by atoms with Crippen LogP contribution in [-0.4, -0.2) is 11.9 Å². The van der Waals surface area contributed by atoms with E-state index in [9.17, 15) is 9.59 Å². The largest absolute Gasteiger partial charge is 0.461 e. The Morgan fingerprint density at radius 2 is 1.79 bits per heavy atom. The molecule has 1 atom stereocenters. The fourth-order valence-corrected chi connectivity index (χ4v) is 3.21. The van der Waals surface area contributed by atoms with Gasteiger partial charge in [-0.2, -0.15) is 0 Å². The first-order chi connectivity index (χ1) is 11.7. The van der Waals surface area contributed by atoms with E-state index in [4.69, 9.17) is 9.47 Å². The van der Waals surface area contributed by atoms with Crippen molar-refractivity contribution in [1.29, 1.82) is 0 Å². The summed E-state index contributed by atoms with van der Waals surface area (Å²) in [5.74, 6) is -0.199. The number of esters is 2. The summed E-state index contributed by atoms with van der Waals surface area (Å²) in [7, 11) is 0. The molecule has 1 aliphatic heterocycles. The van der Waals surface area contributed by atoms with Crippen molar-refractivity contribution in [3.8, 4) is 5.75 Å². The Hall–Kier alpha value is -2.62. The number of rotatable bonds is 6. The maximum Gasteiger partial charge on any atom is 0.322 e. The summed E-state index contributed by atoms with van der Waals surface area (Å²) in [5.41, 5.74) is 0.775. The Balaban J connectivity index is 1.77. The Morgan fingerprint density at radius 1 is 1.08 bits per heavy atom. The minimum atomic E-state index is -0.931. The molecule has 0 aliphatic carbocycles. The highest BCUT2D eigenvalue weighted by Gasteiger charge is 2.50. The van der Waals surface area contributed by atoms with Crippen molar-refractivity contribution >= 4 is 11.9 Å². The number of para-hydroxylation sites is 1. The SMILES string of the molecule is CCCC1(CC(=O)OCc2ccccc2)C(=O)Oc2ccccc21. The lowest BCUT2D eigenvalue weighted by Crippen LogP contribution is -2.36. The van der Waals surface area contributed by atoms with Crippen LogP contribution in [0.15, 0.2) is 54.6 Å². The molecular formula is C20H20O4. The first kappa shape index (κ1) is 16.2. The van der Waals surface area contributed by atoms with E-state index in [-0.39, 0.29) is 25.0 Å². The second kappa shape index (κ2) is 6.87. The Morgan fingerprint density at radius 3 is 2.54 bits per heavy atom. The van der Waals surface area contributed by atoms with Gasteiger partial charge >= 0.3 is 11.9 Å². The number of carbonyl (C=O) groups is 2. The molecule has 0 radical (unpaired) electrons.